The van der Waals surface area contributed by atoms with Crippen molar-refractivity contribution >= 4 is 22.9 Å². The quantitative estimate of drug-likeness (QED) is 0.922. The lowest BCUT2D eigenvalue weighted by Gasteiger charge is -2.06. The lowest BCUT2D eigenvalue weighted by Crippen LogP contribution is -2.15. The lowest BCUT2D eigenvalue weighted by atomic mass is 10.2. The molecule has 0 unspecified atom stereocenters. The molecular formula is C13H9FN2OS. The highest BCUT2D eigenvalue weighted by Gasteiger charge is 2.11. The molecule has 0 radical (unpaired) electrons. The minimum atomic E-state index is -0.633. The second-order valence-corrected chi connectivity index (χ2v) is 4.61. The van der Waals surface area contributed by atoms with Crippen LogP contribution >= 0.6 is 11.3 Å². The Balaban J connectivity index is 2.13. The zero-order valence-corrected chi connectivity index (χ0v) is 10.1. The summed E-state index contributed by atoms with van der Waals surface area (Å²) in [5.41, 5.74) is 0.0658. The highest BCUT2D eigenvalue weighted by atomic mass is 32.1. The highest BCUT2D eigenvalue weighted by Crippen LogP contribution is 2.18. The number of anilines is 1. The molecule has 0 aliphatic rings. The first kappa shape index (κ1) is 12.3. The van der Waals surface area contributed by atoms with E-state index in [9.17, 15) is 9.18 Å². The summed E-state index contributed by atoms with van der Waals surface area (Å²) >= 11 is 1.47. The monoisotopic (exact) mass is 260 g/mol. The van der Waals surface area contributed by atoms with Gasteiger partial charge in [-0.25, -0.2) is 4.39 Å². The SMILES string of the molecule is N#Cc1c(F)cccc1NC(=O)Cc1cccs1. The first-order chi connectivity index (χ1) is 8.70. The third kappa shape index (κ3) is 2.73. The number of amides is 1. The van der Waals surface area contributed by atoms with Crippen molar-refractivity contribution in [2.75, 3.05) is 5.32 Å². The Morgan fingerprint density at radius 3 is 2.89 bits per heavy atom. The van der Waals surface area contributed by atoms with E-state index in [1.54, 1.807) is 6.07 Å². The Morgan fingerprint density at radius 1 is 1.39 bits per heavy atom. The molecule has 1 heterocycles. The van der Waals surface area contributed by atoms with Gasteiger partial charge in [-0.1, -0.05) is 12.1 Å². The predicted octanol–water partition coefficient (Wildman–Crippen LogP) is 2.94. The van der Waals surface area contributed by atoms with E-state index >= 15 is 0 Å². The van der Waals surface area contributed by atoms with Crippen molar-refractivity contribution in [3.05, 3.63) is 52.0 Å². The van der Waals surface area contributed by atoms with Gasteiger partial charge in [-0.3, -0.25) is 4.79 Å². The van der Waals surface area contributed by atoms with E-state index in [0.29, 0.717) is 0 Å². The minimum Gasteiger partial charge on any atom is -0.324 e. The van der Waals surface area contributed by atoms with Crippen LogP contribution in [-0.4, -0.2) is 5.91 Å². The molecule has 2 rings (SSSR count). The number of thiophene rings is 1. The topological polar surface area (TPSA) is 52.9 Å². The van der Waals surface area contributed by atoms with E-state index in [-0.39, 0.29) is 23.6 Å². The summed E-state index contributed by atoms with van der Waals surface area (Å²) in [6, 6.07) is 9.60. The van der Waals surface area contributed by atoms with Crippen LogP contribution in [0, 0.1) is 17.1 Å². The van der Waals surface area contributed by atoms with Crippen molar-refractivity contribution in [1.82, 2.24) is 0 Å². The molecule has 0 saturated carbocycles. The van der Waals surface area contributed by atoms with Crippen LogP contribution in [-0.2, 0) is 11.2 Å². The molecule has 1 aromatic carbocycles. The van der Waals surface area contributed by atoms with Gasteiger partial charge in [0.05, 0.1) is 12.1 Å². The molecule has 0 bridgehead atoms. The molecule has 0 fully saturated rings. The Kier molecular flexibility index (Phi) is 3.70. The Labute approximate surface area is 107 Å². The fraction of sp³-hybridized carbons (Fsp3) is 0.0769. The van der Waals surface area contributed by atoms with Crippen LogP contribution in [0.3, 0.4) is 0 Å². The summed E-state index contributed by atoms with van der Waals surface area (Å²) in [5, 5.41) is 13.3. The summed E-state index contributed by atoms with van der Waals surface area (Å²) in [6.07, 6.45) is 0.221. The maximum Gasteiger partial charge on any atom is 0.229 e. The van der Waals surface area contributed by atoms with Crippen molar-refractivity contribution in [2.24, 2.45) is 0 Å². The molecule has 0 atom stereocenters. The number of nitrogens with one attached hydrogen (secondary N) is 1. The third-order valence-electron chi connectivity index (χ3n) is 2.31. The molecule has 2 aromatic rings. The van der Waals surface area contributed by atoms with Gasteiger partial charge in [-0.05, 0) is 23.6 Å². The van der Waals surface area contributed by atoms with Gasteiger partial charge in [0.1, 0.15) is 17.4 Å². The van der Waals surface area contributed by atoms with E-state index in [1.165, 1.54) is 29.5 Å². The first-order valence-corrected chi connectivity index (χ1v) is 6.09. The molecule has 90 valence electrons. The van der Waals surface area contributed by atoms with Crippen LogP contribution in [0.25, 0.3) is 0 Å². The second-order valence-electron chi connectivity index (χ2n) is 3.58. The number of carbonyl (C=O) groups excluding carboxylic acids is 1. The van der Waals surface area contributed by atoms with Crippen molar-refractivity contribution in [3.8, 4) is 6.07 Å². The van der Waals surface area contributed by atoms with Gasteiger partial charge in [0.2, 0.25) is 5.91 Å². The summed E-state index contributed by atoms with van der Waals surface area (Å²) in [4.78, 5) is 12.6. The molecule has 1 N–H and O–H groups in total. The van der Waals surface area contributed by atoms with Gasteiger partial charge >= 0.3 is 0 Å². The fourth-order valence-corrected chi connectivity index (χ4v) is 2.21. The summed E-state index contributed by atoms with van der Waals surface area (Å²) < 4.78 is 13.3. The van der Waals surface area contributed by atoms with Crippen molar-refractivity contribution < 1.29 is 9.18 Å². The molecular weight excluding hydrogens is 251 g/mol. The number of nitriles is 1. The van der Waals surface area contributed by atoms with Crippen LogP contribution < -0.4 is 5.32 Å². The molecule has 1 amide bonds. The Morgan fingerprint density at radius 2 is 2.22 bits per heavy atom. The largest absolute Gasteiger partial charge is 0.324 e. The molecule has 0 saturated heterocycles. The average Bonchev–Trinajstić information content (AvgIpc) is 2.82. The van der Waals surface area contributed by atoms with Gasteiger partial charge in [-0.2, -0.15) is 5.26 Å². The van der Waals surface area contributed by atoms with E-state index in [2.05, 4.69) is 5.32 Å². The van der Waals surface area contributed by atoms with E-state index in [1.807, 2.05) is 17.5 Å². The number of hydrogen-bond donors (Lipinski definition) is 1. The zero-order chi connectivity index (χ0) is 13.0. The summed E-state index contributed by atoms with van der Waals surface area (Å²) in [7, 11) is 0. The molecule has 0 aliphatic carbocycles. The van der Waals surface area contributed by atoms with Crippen LogP contribution in [0.15, 0.2) is 35.7 Å². The van der Waals surface area contributed by atoms with Gasteiger partial charge in [0.25, 0.3) is 0 Å². The average molecular weight is 260 g/mol. The standard InChI is InChI=1S/C13H9FN2OS/c14-11-4-1-5-12(10(11)8-15)16-13(17)7-9-3-2-6-18-9/h1-6H,7H2,(H,16,17). The second kappa shape index (κ2) is 5.43. The van der Waals surface area contributed by atoms with Gasteiger partial charge in [0, 0.05) is 4.88 Å². The smallest absolute Gasteiger partial charge is 0.229 e. The van der Waals surface area contributed by atoms with Crippen molar-refractivity contribution in [1.29, 1.82) is 5.26 Å². The van der Waals surface area contributed by atoms with Crippen LogP contribution in [0.4, 0.5) is 10.1 Å². The number of benzene rings is 1. The fourth-order valence-electron chi connectivity index (χ4n) is 1.51. The van der Waals surface area contributed by atoms with Crippen LogP contribution in [0.5, 0.6) is 0 Å². The summed E-state index contributed by atoms with van der Waals surface area (Å²) in [6.45, 7) is 0. The molecule has 5 heteroatoms. The van der Waals surface area contributed by atoms with Crippen LogP contribution in [0.1, 0.15) is 10.4 Å². The normalized spacial score (nSPS) is 9.78. The Hall–Kier alpha value is -2.19. The van der Waals surface area contributed by atoms with Crippen molar-refractivity contribution in [3.63, 3.8) is 0 Å². The number of nitrogens with zero attached hydrogens (tertiary/aromatic N) is 1. The van der Waals surface area contributed by atoms with E-state index in [0.717, 1.165) is 4.88 Å². The zero-order valence-electron chi connectivity index (χ0n) is 9.31. The highest BCUT2D eigenvalue weighted by molar-refractivity contribution is 7.10. The maximum absolute atomic E-state index is 13.3. The number of hydrogen-bond acceptors (Lipinski definition) is 3. The number of rotatable bonds is 3. The number of carbonyl (C=O) groups is 1. The molecule has 1 aromatic heterocycles. The number of halogens is 1. The molecule has 0 aliphatic heterocycles. The van der Waals surface area contributed by atoms with Crippen LogP contribution in [0.2, 0.25) is 0 Å². The van der Waals surface area contributed by atoms with Gasteiger partial charge in [0.15, 0.2) is 0 Å². The maximum atomic E-state index is 13.3. The Bertz CT molecular complexity index is 602. The predicted molar refractivity (Wildman–Crippen MR) is 67.8 cm³/mol. The molecule has 0 spiro atoms. The summed E-state index contributed by atoms with van der Waals surface area (Å²) in [5.74, 6) is -0.897. The van der Waals surface area contributed by atoms with Crippen molar-refractivity contribution in [2.45, 2.75) is 6.42 Å². The van der Waals surface area contributed by atoms with E-state index in [4.69, 9.17) is 5.26 Å². The lowest BCUT2D eigenvalue weighted by molar-refractivity contribution is -0.115. The van der Waals surface area contributed by atoms with E-state index < -0.39 is 5.82 Å². The third-order valence-corrected chi connectivity index (χ3v) is 3.19. The molecule has 18 heavy (non-hydrogen) atoms. The molecule has 3 nitrogen and oxygen atoms in total. The first-order valence-electron chi connectivity index (χ1n) is 5.21. The van der Waals surface area contributed by atoms with Gasteiger partial charge in [-0.15, -0.1) is 11.3 Å². The van der Waals surface area contributed by atoms with Gasteiger partial charge < -0.3 is 5.32 Å². The minimum absolute atomic E-state index is 0.142.